The number of amides is 1. The van der Waals surface area contributed by atoms with Gasteiger partial charge in [-0.15, -0.1) is 12.4 Å². The van der Waals surface area contributed by atoms with E-state index in [2.05, 4.69) is 42.7 Å². The topological polar surface area (TPSA) is 50.4 Å². The molecule has 0 radical (unpaired) electrons. The van der Waals surface area contributed by atoms with Crippen molar-refractivity contribution in [3.05, 3.63) is 41.0 Å². The summed E-state index contributed by atoms with van der Waals surface area (Å²) in [5, 5.41) is 6.23. The van der Waals surface area contributed by atoms with Gasteiger partial charge in [-0.3, -0.25) is 4.79 Å². The molecule has 2 rings (SSSR count). The molecule has 4 nitrogen and oxygen atoms in total. The molecule has 2 N–H and O–H groups in total. The standard InChI is InChI=1S/C19H28N2O2.ClH/c1-13(2)17-6-5-14(3)18(11-17)23-15(4)19(22)21-12-16-7-9-20-10-8-16;/h5-7,11,13,15,20H,8-10,12H2,1-4H3,(H,21,22);1H. The van der Waals surface area contributed by atoms with E-state index in [-0.39, 0.29) is 18.3 Å². The minimum atomic E-state index is -0.501. The lowest BCUT2D eigenvalue weighted by molar-refractivity contribution is -0.127. The van der Waals surface area contributed by atoms with Gasteiger partial charge in [-0.2, -0.15) is 0 Å². The quantitative estimate of drug-likeness (QED) is 0.772. The van der Waals surface area contributed by atoms with Crippen LogP contribution in [0.1, 0.15) is 44.2 Å². The molecule has 24 heavy (non-hydrogen) atoms. The highest BCUT2D eigenvalue weighted by atomic mass is 35.5. The van der Waals surface area contributed by atoms with E-state index in [0.29, 0.717) is 12.5 Å². The van der Waals surface area contributed by atoms with Crippen molar-refractivity contribution in [2.75, 3.05) is 19.6 Å². The second-order valence-corrected chi connectivity index (χ2v) is 6.47. The van der Waals surface area contributed by atoms with E-state index < -0.39 is 6.10 Å². The van der Waals surface area contributed by atoms with Crippen molar-refractivity contribution in [2.24, 2.45) is 0 Å². The number of aryl methyl sites for hydroxylation is 1. The van der Waals surface area contributed by atoms with Gasteiger partial charge in [-0.25, -0.2) is 0 Å². The molecular weight excluding hydrogens is 324 g/mol. The molecule has 1 unspecified atom stereocenters. The van der Waals surface area contributed by atoms with Gasteiger partial charge < -0.3 is 15.4 Å². The number of hydrogen-bond acceptors (Lipinski definition) is 3. The van der Waals surface area contributed by atoms with Gasteiger partial charge in [0.25, 0.3) is 5.91 Å². The fourth-order valence-electron chi connectivity index (χ4n) is 2.52. The Hall–Kier alpha value is -1.52. The van der Waals surface area contributed by atoms with E-state index in [1.165, 1.54) is 11.1 Å². The van der Waals surface area contributed by atoms with E-state index in [4.69, 9.17) is 4.74 Å². The molecule has 1 atom stereocenters. The van der Waals surface area contributed by atoms with Crippen LogP contribution in [0.15, 0.2) is 29.8 Å². The summed E-state index contributed by atoms with van der Waals surface area (Å²) in [5.74, 6) is 1.16. The lowest BCUT2D eigenvalue weighted by atomic mass is 10.0. The van der Waals surface area contributed by atoms with Crippen LogP contribution in [0.5, 0.6) is 5.75 Å². The maximum Gasteiger partial charge on any atom is 0.261 e. The van der Waals surface area contributed by atoms with Crippen LogP contribution in [0.4, 0.5) is 0 Å². The van der Waals surface area contributed by atoms with Crippen molar-refractivity contribution < 1.29 is 9.53 Å². The van der Waals surface area contributed by atoms with Crippen molar-refractivity contribution in [1.82, 2.24) is 10.6 Å². The van der Waals surface area contributed by atoms with Gasteiger partial charge >= 0.3 is 0 Å². The Balaban J connectivity index is 0.00000288. The zero-order valence-corrected chi connectivity index (χ0v) is 15.8. The number of nitrogens with one attached hydrogen (secondary N) is 2. The molecule has 0 aromatic heterocycles. The Kier molecular flexibility index (Phi) is 8.29. The van der Waals surface area contributed by atoms with Gasteiger partial charge in [0.15, 0.2) is 6.10 Å². The third-order valence-electron chi connectivity index (χ3n) is 4.20. The molecule has 0 saturated heterocycles. The Labute approximate surface area is 151 Å². The fraction of sp³-hybridized carbons (Fsp3) is 0.526. The maximum atomic E-state index is 12.2. The molecule has 0 spiro atoms. The largest absolute Gasteiger partial charge is 0.481 e. The molecule has 5 heteroatoms. The van der Waals surface area contributed by atoms with Crippen LogP contribution in [0, 0.1) is 6.92 Å². The molecule has 0 saturated carbocycles. The van der Waals surface area contributed by atoms with Crippen LogP contribution < -0.4 is 15.4 Å². The third-order valence-corrected chi connectivity index (χ3v) is 4.20. The van der Waals surface area contributed by atoms with Crippen LogP contribution in [-0.4, -0.2) is 31.6 Å². The first-order chi connectivity index (χ1) is 11.0. The second-order valence-electron chi connectivity index (χ2n) is 6.47. The number of carbonyl (C=O) groups is 1. The Bertz CT molecular complexity index is 585. The summed E-state index contributed by atoms with van der Waals surface area (Å²) in [4.78, 5) is 12.2. The van der Waals surface area contributed by atoms with Crippen molar-refractivity contribution in [3.8, 4) is 5.75 Å². The van der Waals surface area contributed by atoms with Crippen molar-refractivity contribution >= 4 is 18.3 Å². The molecule has 1 aliphatic rings. The third kappa shape index (κ3) is 5.84. The van der Waals surface area contributed by atoms with Crippen LogP contribution in [0.2, 0.25) is 0 Å². The zero-order chi connectivity index (χ0) is 16.8. The summed E-state index contributed by atoms with van der Waals surface area (Å²) in [6.45, 7) is 10.6. The predicted octanol–water partition coefficient (Wildman–Crippen LogP) is 3.34. The van der Waals surface area contributed by atoms with Gasteiger partial charge in [0.2, 0.25) is 0 Å². The summed E-state index contributed by atoms with van der Waals surface area (Å²) >= 11 is 0. The van der Waals surface area contributed by atoms with Crippen LogP contribution >= 0.6 is 12.4 Å². The highest BCUT2D eigenvalue weighted by Gasteiger charge is 2.16. The second kappa shape index (κ2) is 9.70. The number of carbonyl (C=O) groups excluding carboxylic acids is 1. The monoisotopic (exact) mass is 352 g/mol. The van der Waals surface area contributed by atoms with E-state index in [0.717, 1.165) is 30.8 Å². The van der Waals surface area contributed by atoms with Gasteiger partial charge in [-0.1, -0.05) is 37.6 Å². The Morgan fingerprint density at radius 1 is 1.33 bits per heavy atom. The van der Waals surface area contributed by atoms with Gasteiger partial charge in [0.1, 0.15) is 5.75 Å². The van der Waals surface area contributed by atoms with Gasteiger partial charge in [0.05, 0.1) is 0 Å². The normalized spacial score (nSPS) is 15.3. The SMILES string of the molecule is Cc1ccc(C(C)C)cc1OC(C)C(=O)NCC1=CCNCC1.Cl. The predicted molar refractivity (Wildman–Crippen MR) is 101 cm³/mol. The number of halogens is 1. The maximum absolute atomic E-state index is 12.2. The highest BCUT2D eigenvalue weighted by molar-refractivity contribution is 5.85. The first kappa shape index (κ1) is 20.5. The molecule has 1 amide bonds. The summed E-state index contributed by atoms with van der Waals surface area (Å²) in [5.41, 5.74) is 3.55. The van der Waals surface area contributed by atoms with Crippen molar-refractivity contribution in [1.29, 1.82) is 0 Å². The molecule has 1 aromatic rings. The molecule has 0 bridgehead atoms. The Morgan fingerprint density at radius 2 is 2.08 bits per heavy atom. The average molecular weight is 353 g/mol. The minimum absolute atomic E-state index is 0. The number of benzene rings is 1. The molecule has 0 aliphatic carbocycles. The summed E-state index contributed by atoms with van der Waals surface area (Å²) in [7, 11) is 0. The minimum Gasteiger partial charge on any atom is -0.481 e. The van der Waals surface area contributed by atoms with Crippen LogP contribution in [0.3, 0.4) is 0 Å². The fourth-order valence-corrected chi connectivity index (χ4v) is 2.52. The first-order valence-electron chi connectivity index (χ1n) is 8.41. The highest BCUT2D eigenvalue weighted by Crippen LogP contribution is 2.25. The van der Waals surface area contributed by atoms with Gasteiger partial charge in [-0.05, 0) is 49.9 Å². The number of ether oxygens (including phenoxy) is 1. The van der Waals surface area contributed by atoms with Crippen molar-refractivity contribution in [2.45, 2.75) is 46.1 Å². The van der Waals surface area contributed by atoms with Crippen LogP contribution in [-0.2, 0) is 4.79 Å². The van der Waals surface area contributed by atoms with E-state index in [1.807, 2.05) is 13.0 Å². The van der Waals surface area contributed by atoms with E-state index in [9.17, 15) is 4.79 Å². The molecule has 1 aromatic carbocycles. The molecule has 1 heterocycles. The number of hydrogen-bond donors (Lipinski definition) is 2. The van der Waals surface area contributed by atoms with Gasteiger partial charge in [0, 0.05) is 13.1 Å². The van der Waals surface area contributed by atoms with Crippen LogP contribution in [0.25, 0.3) is 0 Å². The first-order valence-corrected chi connectivity index (χ1v) is 8.41. The smallest absolute Gasteiger partial charge is 0.261 e. The summed E-state index contributed by atoms with van der Waals surface area (Å²) in [6, 6.07) is 6.20. The zero-order valence-electron chi connectivity index (χ0n) is 15.0. The molecular formula is C19H29ClN2O2. The van der Waals surface area contributed by atoms with Crippen molar-refractivity contribution in [3.63, 3.8) is 0 Å². The molecule has 134 valence electrons. The Morgan fingerprint density at radius 3 is 2.71 bits per heavy atom. The lowest BCUT2D eigenvalue weighted by Crippen LogP contribution is -2.38. The van der Waals surface area contributed by atoms with E-state index >= 15 is 0 Å². The summed E-state index contributed by atoms with van der Waals surface area (Å²) in [6.07, 6.45) is 2.63. The number of rotatable bonds is 6. The van der Waals surface area contributed by atoms with E-state index in [1.54, 1.807) is 6.92 Å². The summed E-state index contributed by atoms with van der Waals surface area (Å²) < 4.78 is 5.89. The molecule has 1 aliphatic heterocycles. The average Bonchev–Trinajstić information content (AvgIpc) is 2.55. The lowest BCUT2D eigenvalue weighted by Gasteiger charge is -2.19. The molecule has 0 fully saturated rings.